The van der Waals surface area contributed by atoms with Gasteiger partial charge in [-0.1, -0.05) is 72.8 Å². The van der Waals surface area contributed by atoms with E-state index >= 15 is 0 Å². The highest BCUT2D eigenvalue weighted by Gasteiger charge is 2.29. The summed E-state index contributed by atoms with van der Waals surface area (Å²) in [5.74, 6) is 0.736. The van der Waals surface area contributed by atoms with Crippen molar-refractivity contribution in [3.05, 3.63) is 101 Å². The molecule has 0 spiro atoms. The van der Waals surface area contributed by atoms with E-state index in [1.807, 2.05) is 66.7 Å². The van der Waals surface area contributed by atoms with Crippen molar-refractivity contribution >= 4 is 0 Å². The molecule has 0 fully saturated rings. The Balaban J connectivity index is 1.95. The predicted molar refractivity (Wildman–Crippen MR) is 85.9 cm³/mol. The molecular formula is C20H16O2. The summed E-state index contributed by atoms with van der Waals surface area (Å²) in [7, 11) is 0. The average Bonchev–Trinajstić information content (AvgIpc) is 2.72. The van der Waals surface area contributed by atoms with Crippen LogP contribution in [0.25, 0.3) is 0 Å². The van der Waals surface area contributed by atoms with Crippen LogP contribution in [0.3, 0.4) is 0 Å². The molecular weight excluding hydrogens is 272 g/mol. The SMILES string of the molecule is OC1c2ccccc2OC(c2ccccc2)c2ccccc21. The summed E-state index contributed by atoms with van der Waals surface area (Å²) in [6.07, 6.45) is -0.878. The molecule has 0 aromatic heterocycles. The summed E-state index contributed by atoms with van der Waals surface area (Å²) in [5.41, 5.74) is 3.81. The van der Waals surface area contributed by atoms with Crippen LogP contribution >= 0.6 is 0 Å². The largest absolute Gasteiger partial charge is 0.481 e. The minimum absolute atomic E-state index is 0.212. The molecule has 108 valence electrons. The number of aliphatic hydroxyl groups is 1. The number of rotatable bonds is 1. The second-order valence-corrected chi connectivity index (χ2v) is 5.48. The molecule has 1 aliphatic heterocycles. The minimum Gasteiger partial charge on any atom is -0.481 e. The molecule has 0 aliphatic carbocycles. The number of hydrogen-bond donors (Lipinski definition) is 1. The zero-order valence-corrected chi connectivity index (χ0v) is 12.0. The van der Waals surface area contributed by atoms with Gasteiger partial charge in [0, 0.05) is 11.1 Å². The lowest BCUT2D eigenvalue weighted by atomic mass is 9.92. The van der Waals surface area contributed by atoms with Crippen molar-refractivity contribution in [1.82, 2.24) is 0 Å². The molecule has 4 rings (SSSR count). The maximum Gasteiger partial charge on any atom is 0.149 e. The van der Waals surface area contributed by atoms with Crippen LogP contribution < -0.4 is 4.74 Å². The van der Waals surface area contributed by atoms with E-state index in [-0.39, 0.29) is 6.10 Å². The number of hydrogen-bond acceptors (Lipinski definition) is 2. The normalized spacial score (nSPS) is 19.5. The van der Waals surface area contributed by atoms with Gasteiger partial charge in [0.05, 0.1) is 0 Å². The lowest BCUT2D eigenvalue weighted by Gasteiger charge is -2.20. The van der Waals surface area contributed by atoms with Gasteiger partial charge in [0.25, 0.3) is 0 Å². The smallest absolute Gasteiger partial charge is 0.149 e. The van der Waals surface area contributed by atoms with Gasteiger partial charge < -0.3 is 9.84 Å². The van der Waals surface area contributed by atoms with E-state index in [4.69, 9.17) is 4.74 Å². The van der Waals surface area contributed by atoms with Gasteiger partial charge in [-0.05, 0) is 17.2 Å². The molecule has 2 heteroatoms. The fraction of sp³-hybridized carbons (Fsp3) is 0.100. The summed E-state index contributed by atoms with van der Waals surface area (Å²) in [5, 5.41) is 10.8. The third-order valence-electron chi connectivity index (χ3n) is 4.13. The zero-order chi connectivity index (χ0) is 14.9. The first-order valence-electron chi connectivity index (χ1n) is 7.42. The van der Waals surface area contributed by atoms with E-state index in [1.54, 1.807) is 0 Å². The first kappa shape index (κ1) is 13.1. The van der Waals surface area contributed by atoms with Crippen LogP contribution in [-0.4, -0.2) is 5.11 Å². The van der Waals surface area contributed by atoms with Gasteiger partial charge in [0.2, 0.25) is 0 Å². The highest BCUT2D eigenvalue weighted by Crippen LogP contribution is 2.41. The van der Waals surface area contributed by atoms with Crippen molar-refractivity contribution in [2.75, 3.05) is 0 Å². The predicted octanol–water partition coefficient (Wildman–Crippen LogP) is 4.25. The number of benzene rings is 3. The Morgan fingerprint density at radius 2 is 1.23 bits per heavy atom. The lowest BCUT2D eigenvalue weighted by molar-refractivity contribution is 0.217. The van der Waals surface area contributed by atoms with Gasteiger partial charge in [-0.2, -0.15) is 0 Å². The number of ether oxygens (including phenoxy) is 1. The quantitative estimate of drug-likeness (QED) is 0.725. The highest BCUT2D eigenvalue weighted by molar-refractivity contribution is 5.48. The Hall–Kier alpha value is -2.58. The summed E-state index contributed by atoms with van der Waals surface area (Å²) >= 11 is 0. The summed E-state index contributed by atoms with van der Waals surface area (Å²) in [6, 6.07) is 25.8. The van der Waals surface area contributed by atoms with Crippen molar-refractivity contribution < 1.29 is 9.84 Å². The number of aliphatic hydroxyl groups excluding tert-OH is 1. The van der Waals surface area contributed by atoms with Crippen molar-refractivity contribution in [2.24, 2.45) is 0 Å². The Labute approximate surface area is 129 Å². The Kier molecular flexibility index (Phi) is 3.17. The molecule has 0 saturated carbocycles. The fourth-order valence-electron chi connectivity index (χ4n) is 3.05. The molecule has 2 atom stereocenters. The maximum atomic E-state index is 10.8. The Morgan fingerprint density at radius 3 is 2.00 bits per heavy atom. The van der Waals surface area contributed by atoms with Crippen molar-refractivity contribution in [2.45, 2.75) is 12.2 Å². The van der Waals surface area contributed by atoms with Gasteiger partial charge in [-0.25, -0.2) is 0 Å². The van der Waals surface area contributed by atoms with Gasteiger partial charge >= 0.3 is 0 Å². The first-order valence-corrected chi connectivity index (χ1v) is 7.42. The second-order valence-electron chi connectivity index (χ2n) is 5.48. The van der Waals surface area contributed by atoms with Crippen LogP contribution in [0.2, 0.25) is 0 Å². The van der Waals surface area contributed by atoms with Crippen LogP contribution in [0, 0.1) is 0 Å². The second kappa shape index (κ2) is 5.32. The zero-order valence-electron chi connectivity index (χ0n) is 12.0. The standard InChI is InChI=1S/C20H16O2/c21-19-15-10-4-5-11-16(15)20(14-8-2-1-3-9-14)22-18-13-7-6-12-17(18)19/h1-13,19-21H. The van der Waals surface area contributed by atoms with E-state index < -0.39 is 6.10 Å². The van der Waals surface area contributed by atoms with E-state index in [2.05, 4.69) is 12.1 Å². The topological polar surface area (TPSA) is 29.5 Å². The van der Waals surface area contributed by atoms with Gasteiger partial charge in [-0.15, -0.1) is 0 Å². The van der Waals surface area contributed by atoms with Gasteiger partial charge in [0.15, 0.2) is 0 Å². The van der Waals surface area contributed by atoms with Crippen molar-refractivity contribution in [3.63, 3.8) is 0 Å². The van der Waals surface area contributed by atoms with Crippen LogP contribution in [0.4, 0.5) is 0 Å². The van der Waals surface area contributed by atoms with Gasteiger partial charge in [-0.3, -0.25) is 0 Å². The molecule has 0 radical (unpaired) electrons. The summed E-state index contributed by atoms with van der Waals surface area (Å²) in [6.45, 7) is 0. The van der Waals surface area contributed by atoms with E-state index in [1.165, 1.54) is 0 Å². The molecule has 2 unspecified atom stereocenters. The molecule has 1 N–H and O–H groups in total. The summed E-state index contributed by atoms with van der Waals surface area (Å²) < 4.78 is 6.28. The number of fused-ring (bicyclic) bond motifs is 2. The molecule has 3 aromatic rings. The van der Waals surface area contributed by atoms with E-state index in [9.17, 15) is 5.11 Å². The average molecular weight is 288 g/mol. The van der Waals surface area contributed by atoms with Crippen molar-refractivity contribution in [1.29, 1.82) is 0 Å². The lowest BCUT2D eigenvalue weighted by Crippen LogP contribution is -2.10. The van der Waals surface area contributed by atoms with Crippen LogP contribution in [0.1, 0.15) is 34.5 Å². The highest BCUT2D eigenvalue weighted by atomic mass is 16.5. The van der Waals surface area contributed by atoms with Crippen LogP contribution in [-0.2, 0) is 0 Å². The molecule has 0 bridgehead atoms. The third-order valence-corrected chi connectivity index (χ3v) is 4.13. The monoisotopic (exact) mass is 288 g/mol. The van der Waals surface area contributed by atoms with Crippen LogP contribution in [0.15, 0.2) is 78.9 Å². The molecule has 1 aliphatic rings. The molecule has 22 heavy (non-hydrogen) atoms. The number of para-hydroxylation sites is 1. The molecule has 0 amide bonds. The van der Waals surface area contributed by atoms with E-state index in [0.29, 0.717) is 0 Å². The van der Waals surface area contributed by atoms with E-state index in [0.717, 1.165) is 28.0 Å². The maximum absolute atomic E-state index is 10.8. The fourth-order valence-corrected chi connectivity index (χ4v) is 3.05. The third kappa shape index (κ3) is 2.09. The van der Waals surface area contributed by atoms with Crippen molar-refractivity contribution in [3.8, 4) is 5.75 Å². The first-order chi connectivity index (χ1) is 10.8. The summed E-state index contributed by atoms with van der Waals surface area (Å²) in [4.78, 5) is 0. The Bertz CT molecular complexity index is 796. The Morgan fingerprint density at radius 1 is 0.636 bits per heavy atom. The van der Waals surface area contributed by atoms with Gasteiger partial charge in [0.1, 0.15) is 18.0 Å². The molecule has 0 saturated heterocycles. The molecule has 1 heterocycles. The minimum atomic E-state index is -0.666. The molecule has 2 nitrogen and oxygen atoms in total. The van der Waals surface area contributed by atoms with Crippen LogP contribution in [0.5, 0.6) is 5.75 Å². The molecule has 3 aromatic carbocycles.